The molecule has 1 aliphatic heterocycles. The number of aromatic nitrogens is 3. The highest BCUT2D eigenvalue weighted by molar-refractivity contribution is 7.99. The van der Waals surface area contributed by atoms with Crippen LogP contribution in [0.2, 0.25) is 0 Å². The molecule has 184 valence electrons. The van der Waals surface area contributed by atoms with Gasteiger partial charge in [0.15, 0.2) is 0 Å². The fourth-order valence-electron chi connectivity index (χ4n) is 4.47. The molecule has 0 saturated carbocycles. The fraction of sp³-hybridized carbons (Fsp3) is 0.276. The maximum absolute atomic E-state index is 14.8. The number of aromatic amines is 1. The molecule has 0 spiro atoms. The normalized spacial score (nSPS) is 14.1. The molecule has 0 fully saturated rings. The second kappa shape index (κ2) is 9.54. The Kier molecular flexibility index (Phi) is 6.43. The molecule has 7 heteroatoms. The molecule has 5 rings (SSSR count). The summed E-state index contributed by atoms with van der Waals surface area (Å²) in [6, 6.07) is 12.4. The number of allylic oxidation sites excluding steroid dienone is 1. The second-order valence-corrected chi connectivity index (χ2v) is 11.3. The zero-order valence-electron chi connectivity index (χ0n) is 20.9. The van der Waals surface area contributed by atoms with Gasteiger partial charge in [0.05, 0.1) is 5.69 Å². The van der Waals surface area contributed by atoms with Gasteiger partial charge in [-0.15, -0.1) is 0 Å². The monoisotopic (exact) mass is 500 g/mol. The number of thioether (sulfide) groups is 1. The third kappa shape index (κ3) is 4.80. The van der Waals surface area contributed by atoms with Gasteiger partial charge >= 0.3 is 0 Å². The number of H-pyrrole nitrogens is 1. The summed E-state index contributed by atoms with van der Waals surface area (Å²) in [6.07, 6.45) is 4.72. The lowest BCUT2D eigenvalue weighted by molar-refractivity contribution is 0.102. The Morgan fingerprint density at radius 3 is 2.58 bits per heavy atom. The fourth-order valence-corrected chi connectivity index (χ4v) is 5.32. The Bertz CT molecular complexity index is 1480. The van der Waals surface area contributed by atoms with E-state index < -0.39 is 5.82 Å². The summed E-state index contributed by atoms with van der Waals surface area (Å²) >= 11 is 1.92. The minimum Gasteiger partial charge on any atom is -0.339 e. The average molecular weight is 501 g/mol. The molecule has 1 aliphatic rings. The topological polar surface area (TPSA) is 70.7 Å². The molecule has 5 nitrogen and oxygen atoms in total. The number of hydrogen-bond acceptors (Lipinski definition) is 4. The lowest BCUT2D eigenvalue weighted by Gasteiger charge is -2.19. The van der Waals surface area contributed by atoms with E-state index >= 15 is 0 Å². The van der Waals surface area contributed by atoms with Gasteiger partial charge in [-0.2, -0.15) is 11.8 Å². The molecule has 0 aliphatic carbocycles. The van der Waals surface area contributed by atoms with E-state index in [0.29, 0.717) is 28.2 Å². The van der Waals surface area contributed by atoms with Crippen LogP contribution in [0.4, 0.5) is 10.1 Å². The van der Waals surface area contributed by atoms with Crippen LogP contribution in [0.15, 0.2) is 54.9 Å². The standard InChI is InChI=1S/C29H29FN4OS/c1-17-22(26-23-15-25(18-9-11-36-12-10-18)33-27(23)32-16-31-26)13-21(30)14-24(17)34-28(35)19-5-7-20(8-6-19)29(2,3)4/h5-9,13-16H,10-12H2,1-4H3,(H,34,35)(H,31,32,33). The van der Waals surface area contributed by atoms with Gasteiger partial charge in [-0.3, -0.25) is 4.79 Å². The Labute approximate surface area is 214 Å². The maximum atomic E-state index is 14.8. The molecule has 4 aromatic rings. The number of amides is 1. The van der Waals surface area contributed by atoms with Crippen LogP contribution in [0, 0.1) is 12.7 Å². The molecule has 0 radical (unpaired) electrons. The van der Waals surface area contributed by atoms with E-state index in [9.17, 15) is 9.18 Å². The molecule has 36 heavy (non-hydrogen) atoms. The van der Waals surface area contributed by atoms with Gasteiger partial charge < -0.3 is 10.3 Å². The van der Waals surface area contributed by atoms with Gasteiger partial charge in [0, 0.05) is 33.6 Å². The van der Waals surface area contributed by atoms with Crippen LogP contribution in [-0.2, 0) is 5.41 Å². The maximum Gasteiger partial charge on any atom is 0.255 e. The van der Waals surface area contributed by atoms with Crippen LogP contribution >= 0.6 is 11.8 Å². The Morgan fingerprint density at radius 2 is 1.89 bits per heavy atom. The SMILES string of the molecule is Cc1c(NC(=O)c2ccc(C(C)(C)C)cc2)cc(F)cc1-c1ncnc2[nH]c(C3=CCSCC3)cc12. The first-order valence-electron chi connectivity index (χ1n) is 12.0. The summed E-state index contributed by atoms with van der Waals surface area (Å²) in [5.74, 6) is 1.36. The van der Waals surface area contributed by atoms with Crippen LogP contribution in [0.25, 0.3) is 27.9 Å². The second-order valence-electron chi connectivity index (χ2n) is 10.1. The molecule has 0 bridgehead atoms. The van der Waals surface area contributed by atoms with Crippen LogP contribution in [0.3, 0.4) is 0 Å². The molecule has 0 atom stereocenters. The minimum atomic E-state index is -0.441. The van der Waals surface area contributed by atoms with E-state index in [1.165, 1.54) is 24.0 Å². The highest BCUT2D eigenvalue weighted by Crippen LogP contribution is 2.35. The predicted molar refractivity (Wildman–Crippen MR) is 147 cm³/mol. The molecule has 0 saturated heterocycles. The molecular weight excluding hydrogens is 471 g/mol. The summed E-state index contributed by atoms with van der Waals surface area (Å²) in [5.41, 5.74) is 7.08. The third-order valence-electron chi connectivity index (χ3n) is 6.62. The number of carbonyl (C=O) groups is 1. The first-order valence-corrected chi connectivity index (χ1v) is 13.2. The summed E-state index contributed by atoms with van der Waals surface area (Å²) in [6.45, 7) is 8.25. The van der Waals surface area contributed by atoms with Crippen LogP contribution in [-0.4, -0.2) is 32.4 Å². The largest absolute Gasteiger partial charge is 0.339 e. The van der Waals surface area contributed by atoms with Crippen molar-refractivity contribution in [1.82, 2.24) is 15.0 Å². The highest BCUT2D eigenvalue weighted by atomic mass is 32.2. The number of halogens is 1. The Hall–Kier alpha value is -3.45. The number of nitrogens with zero attached hydrogens (tertiary/aromatic N) is 2. The molecule has 3 heterocycles. The zero-order chi connectivity index (χ0) is 25.4. The van der Waals surface area contributed by atoms with Crippen molar-refractivity contribution in [2.75, 3.05) is 16.8 Å². The quantitative estimate of drug-likeness (QED) is 0.312. The van der Waals surface area contributed by atoms with Gasteiger partial charge in [0.2, 0.25) is 0 Å². The first-order chi connectivity index (χ1) is 17.2. The van der Waals surface area contributed by atoms with E-state index in [2.05, 4.69) is 47.1 Å². The lowest BCUT2D eigenvalue weighted by atomic mass is 9.86. The summed E-state index contributed by atoms with van der Waals surface area (Å²) < 4.78 is 14.8. The van der Waals surface area contributed by atoms with Gasteiger partial charge in [0.1, 0.15) is 17.8 Å². The molecule has 2 aromatic carbocycles. The Morgan fingerprint density at radius 1 is 1.11 bits per heavy atom. The van der Waals surface area contributed by atoms with E-state index in [1.807, 2.05) is 36.9 Å². The predicted octanol–water partition coefficient (Wildman–Crippen LogP) is 7.14. The van der Waals surface area contributed by atoms with E-state index in [0.717, 1.165) is 40.1 Å². The highest BCUT2D eigenvalue weighted by Gasteiger charge is 2.19. The number of benzene rings is 2. The summed E-state index contributed by atoms with van der Waals surface area (Å²) in [7, 11) is 0. The smallest absolute Gasteiger partial charge is 0.255 e. The number of fused-ring (bicyclic) bond motifs is 1. The molecule has 2 aromatic heterocycles. The third-order valence-corrected chi connectivity index (χ3v) is 7.52. The molecular formula is C29H29FN4OS. The number of hydrogen-bond donors (Lipinski definition) is 2. The van der Waals surface area contributed by atoms with Gasteiger partial charge in [-0.1, -0.05) is 39.0 Å². The van der Waals surface area contributed by atoms with Crippen molar-refractivity contribution >= 4 is 40.0 Å². The van der Waals surface area contributed by atoms with Gasteiger partial charge in [-0.05, 0) is 71.5 Å². The van der Waals surface area contributed by atoms with Crippen molar-refractivity contribution in [2.45, 2.75) is 39.5 Å². The Balaban J connectivity index is 1.50. The number of anilines is 1. The number of nitrogens with one attached hydrogen (secondary N) is 2. The van der Waals surface area contributed by atoms with E-state index in [4.69, 9.17) is 0 Å². The first kappa shape index (κ1) is 24.3. The van der Waals surface area contributed by atoms with E-state index in [1.54, 1.807) is 12.1 Å². The van der Waals surface area contributed by atoms with Crippen molar-refractivity contribution in [3.8, 4) is 11.3 Å². The lowest BCUT2D eigenvalue weighted by Crippen LogP contribution is -2.15. The van der Waals surface area contributed by atoms with Crippen molar-refractivity contribution < 1.29 is 9.18 Å². The van der Waals surface area contributed by atoms with Crippen molar-refractivity contribution in [1.29, 1.82) is 0 Å². The average Bonchev–Trinajstić information content (AvgIpc) is 3.31. The van der Waals surface area contributed by atoms with Crippen molar-refractivity contribution in [2.24, 2.45) is 0 Å². The van der Waals surface area contributed by atoms with Crippen molar-refractivity contribution in [3.63, 3.8) is 0 Å². The zero-order valence-corrected chi connectivity index (χ0v) is 21.7. The van der Waals surface area contributed by atoms with E-state index in [-0.39, 0.29) is 11.3 Å². The van der Waals surface area contributed by atoms with Crippen LogP contribution < -0.4 is 5.32 Å². The van der Waals surface area contributed by atoms with Gasteiger partial charge in [0.25, 0.3) is 5.91 Å². The number of carbonyl (C=O) groups excluding carboxylic acids is 1. The minimum absolute atomic E-state index is 0.00346. The van der Waals surface area contributed by atoms with Gasteiger partial charge in [-0.25, -0.2) is 14.4 Å². The summed E-state index contributed by atoms with van der Waals surface area (Å²) in [5, 5.41) is 3.73. The molecule has 1 amide bonds. The van der Waals surface area contributed by atoms with Crippen LogP contribution in [0.1, 0.15) is 54.4 Å². The number of rotatable bonds is 4. The van der Waals surface area contributed by atoms with Crippen molar-refractivity contribution in [3.05, 3.63) is 83.1 Å². The molecule has 0 unspecified atom stereocenters. The summed E-state index contributed by atoms with van der Waals surface area (Å²) in [4.78, 5) is 25.3. The molecule has 2 N–H and O–H groups in total. The van der Waals surface area contributed by atoms with Crippen LogP contribution in [0.5, 0.6) is 0 Å².